The normalized spacial score (nSPS) is 21.0. The maximum atomic E-state index is 5.39. The van der Waals surface area contributed by atoms with Gasteiger partial charge in [-0.15, -0.1) is 0 Å². The van der Waals surface area contributed by atoms with Gasteiger partial charge in [-0.25, -0.2) is 0 Å². The van der Waals surface area contributed by atoms with Gasteiger partial charge in [-0.1, -0.05) is 23.8 Å². The van der Waals surface area contributed by atoms with Crippen LogP contribution >= 0.6 is 0 Å². The molecular weight excluding hydrogens is 148 g/mol. The molecule has 0 aromatic heterocycles. The predicted molar refractivity (Wildman–Crippen MR) is 49.3 cm³/mol. The SMILES string of the molecule is CO[C@@H]1CCc2ccc(C)cc21. The molecule has 12 heavy (non-hydrogen) atoms. The van der Waals surface area contributed by atoms with E-state index in [-0.39, 0.29) is 0 Å². The third-order valence-electron chi connectivity index (χ3n) is 2.61. The standard InChI is InChI=1S/C11H14O/c1-8-3-4-9-5-6-11(12-2)10(9)7-8/h3-4,7,11H,5-6H2,1-2H3/t11-/m1/s1. The lowest BCUT2D eigenvalue weighted by Gasteiger charge is -2.09. The fourth-order valence-electron chi connectivity index (χ4n) is 1.93. The van der Waals surface area contributed by atoms with Gasteiger partial charge in [-0.05, 0) is 30.9 Å². The Morgan fingerprint density at radius 1 is 1.42 bits per heavy atom. The van der Waals surface area contributed by atoms with Crippen LogP contribution < -0.4 is 0 Å². The van der Waals surface area contributed by atoms with Crippen molar-refractivity contribution < 1.29 is 4.74 Å². The minimum Gasteiger partial charge on any atom is -0.377 e. The third kappa shape index (κ3) is 1.14. The van der Waals surface area contributed by atoms with Gasteiger partial charge >= 0.3 is 0 Å². The van der Waals surface area contributed by atoms with Crippen molar-refractivity contribution in [1.29, 1.82) is 0 Å². The first kappa shape index (κ1) is 7.81. The first-order chi connectivity index (χ1) is 5.81. The molecule has 1 nitrogen and oxygen atoms in total. The molecule has 1 aromatic rings. The molecule has 0 aliphatic heterocycles. The van der Waals surface area contributed by atoms with E-state index in [1.165, 1.54) is 23.1 Å². The number of hydrogen-bond donors (Lipinski definition) is 0. The Balaban J connectivity index is 2.42. The highest BCUT2D eigenvalue weighted by Gasteiger charge is 2.21. The van der Waals surface area contributed by atoms with E-state index < -0.39 is 0 Å². The number of fused-ring (bicyclic) bond motifs is 1. The minimum absolute atomic E-state index is 0.347. The van der Waals surface area contributed by atoms with Crippen molar-refractivity contribution in [2.75, 3.05) is 7.11 Å². The lowest BCUT2D eigenvalue weighted by molar-refractivity contribution is 0.105. The Kier molecular flexibility index (Phi) is 1.89. The fraction of sp³-hybridized carbons (Fsp3) is 0.455. The number of methoxy groups -OCH3 is 1. The molecule has 0 unspecified atom stereocenters. The topological polar surface area (TPSA) is 9.23 Å². The van der Waals surface area contributed by atoms with Crippen molar-refractivity contribution in [3.05, 3.63) is 34.9 Å². The third-order valence-corrected chi connectivity index (χ3v) is 2.61. The van der Waals surface area contributed by atoms with E-state index in [1.807, 2.05) is 0 Å². The number of rotatable bonds is 1. The molecule has 0 N–H and O–H groups in total. The van der Waals surface area contributed by atoms with Crippen molar-refractivity contribution in [2.45, 2.75) is 25.9 Å². The first-order valence-electron chi connectivity index (χ1n) is 4.43. The van der Waals surface area contributed by atoms with Gasteiger partial charge in [0.1, 0.15) is 0 Å². The Bertz CT molecular complexity index is 291. The molecule has 0 saturated carbocycles. The van der Waals surface area contributed by atoms with Crippen LogP contribution in [-0.4, -0.2) is 7.11 Å². The van der Waals surface area contributed by atoms with Crippen molar-refractivity contribution in [3.63, 3.8) is 0 Å². The number of hydrogen-bond acceptors (Lipinski definition) is 1. The fourth-order valence-corrected chi connectivity index (χ4v) is 1.93. The summed E-state index contributed by atoms with van der Waals surface area (Å²) in [6.07, 6.45) is 2.67. The van der Waals surface area contributed by atoms with E-state index in [4.69, 9.17) is 4.74 Å². The highest BCUT2D eigenvalue weighted by molar-refractivity contribution is 5.36. The summed E-state index contributed by atoms with van der Waals surface area (Å²) in [5.41, 5.74) is 4.20. The zero-order valence-corrected chi connectivity index (χ0v) is 7.63. The van der Waals surface area contributed by atoms with Gasteiger partial charge in [0.2, 0.25) is 0 Å². The second-order valence-electron chi connectivity index (χ2n) is 3.47. The molecule has 0 amide bonds. The van der Waals surface area contributed by atoms with Crippen LogP contribution in [0.1, 0.15) is 29.2 Å². The van der Waals surface area contributed by atoms with Crippen molar-refractivity contribution in [2.24, 2.45) is 0 Å². The summed E-state index contributed by atoms with van der Waals surface area (Å²) in [4.78, 5) is 0. The van der Waals surface area contributed by atoms with E-state index in [9.17, 15) is 0 Å². The number of ether oxygens (including phenoxy) is 1. The van der Waals surface area contributed by atoms with Crippen LogP contribution in [0.5, 0.6) is 0 Å². The molecule has 0 saturated heterocycles. The van der Waals surface area contributed by atoms with Crippen LogP contribution in [0.25, 0.3) is 0 Å². The van der Waals surface area contributed by atoms with Gasteiger partial charge < -0.3 is 4.74 Å². The molecule has 0 radical (unpaired) electrons. The maximum absolute atomic E-state index is 5.39. The molecule has 1 aliphatic carbocycles. The quantitative estimate of drug-likeness (QED) is 0.616. The molecule has 64 valence electrons. The smallest absolute Gasteiger partial charge is 0.0827 e. The van der Waals surface area contributed by atoms with Gasteiger partial charge in [0, 0.05) is 7.11 Å². The molecule has 0 heterocycles. The molecular formula is C11H14O. The summed E-state index contributed by atoms with van der Waals surface area (Å²) in [6.45, 7) is 2.13. The Hall–Kier alpha value is -0.820. The van der Waals surface area contributed by atoms with Crippen molar-refractivity contribution in [1.82, 2.24) is 0 Å². The number of benzene rings is 1. The first-order valence-corrected chi connectivity index (χ1v) is 4.43. The van der Waals surface area contributed by atoms with Crippen LogP contribution in [0.15, 0.2) is 18.2 Å². The summed E-state index contributed by atoms with van der Waals surface area (Å²) in [5.74, 6) is 0. The average molecular weight is 162 g/mol. The summed E-state index contributed by atoms with van der Waals surface area (Å²) < 4.78 is 5.39. The van der Waals surface area contributed by atoms with E-state index in [2.05, 4.69) is 25.1 Å². The lowest BCUT2D eigenvalue weighted by atomic mass is 10.1. The van der Waals surface area contributed by atoms with Gasteiger partial charge in [-0.2, -0.15) is 0 Å². The van der Waals surface area contributed by atoms with Crippen molar-refractivity contribution >= 4 is 0 Å². The van der Waals surface area contributed by atoms with Crippen LogP contribution in [0, 0.1) is 6.92 Å². The second kappa shape index (κ2) is 2.91. The Morgan fingerprint density at radius 3 is 3.00 bits per heavy atom. The molecule has 1 aromatic carbocycles. The zero-order valence-electron chi connectivity index (χ0n) is 7.63. The van der Waals surface area contributed by atoms with Gasteiger partial charge in [-0.3, -0.25) is 0 Å². The van der Waals surface area contributed by atoms with Gasteiger partial charge in [0.05, 0.1) is 6.10 Å². The molecule has 1 heteroatoms. The van der Waals surface area contributed by atoms with E-state index >= 15 is 0 Å². The van der Waals surface area contributed by atoms with Gasteiger partial charge in [0.25, 0.3) is 0 Å². The van der Waals surface area contributed by atoms with E-state index in [0.29, 0.717) is 6.10 Å². The Morgan fingerprint density at radius 2 is 2.25 bits per heavy atom. The largest absolute Gasteiger partial charge is 0.377 e. The minimum atomic E-state index is 0.347. The molecule has 0 spiro atoms. The molecule has 1 atom stereocenters. The summed E-state index contributed by atoms with van der Waals surface area (Å²) >= 11 is 0. The molecule has 0 bridgehead atoms. The van der Waals surface area contributed by atoms with Crippen LogP contribution in [0.3, 0.4) is 0 Å². The predicted octanol–water partition coefficient (Wildman–Crippen LogP) is 2.63. The Labute approximate surface area is 73.4 Å². The summed E-state index contributed by atoms with van der Waals surface area (Å²) in [6, 6.07) is 6.65. The van der Waals surface area contributed by atoms with E-state index in [1.54, 1.807) is 7.11 Å². The van der Waals surface area contributed by atoms with Crippen molar-refractivity contribution in [3.8, 4) is 0 Å². The number of aryl methyl sites for hydroxylation is 2. The monoisotopic (exact) mass is 162 g/mol. The van der Waals surface area contributed by atoms with Crippen LogP contribution in [-0.2, 0) is 11.2 Å². The highest BCUT2D eigenvalue weighted by Crippen LogP contribution is 2.33. The molecule has 1 aliphatic rings. The van der Waals surface area contributed by atoms with E-state index in [0.717, 1.165) is 6.42 Å². The van der Waals surface area contributed by atoms with Crippen LogP contribution in [0.2, 0.25) is 0 Å². The summed E-state index contributed by atoms with van der Waals surface area (Å²) in [5, 5.41) is 0. The second-order valence-corrected chi connectivity index (χ2v) is 3.47. The maximum Gasteiger partial charge on any atom is 0.0827 e. The zero-order chi connectivity index (χ0) is 8.55. The van der Waals surface area contributed by atoms with Gasteiger partial charge in [0.15, 0.2) is 0 Å². The highest BCUT2D eigenvalue weighted by atomic mass is 16.5. The summed E-state index contributed by atoms with van der Waals surface area (Å²) in [7, 11) is 1.79. The lowest BCUT2D eigenvalue weighted by Crippen LogP contribution is -1.95. The average Bonchev–Trinajstić information content (AvgIpc) is 2.46. The molecule has 0 fully saturated rings. The molecule has 2 rings (SSSR count). The van der Waals surface area contributed by atoms with Crippen LogP contribution in [0.4, 0.5) is 0 Å².